The molecule has 0 saturated heterocycles. The molecule has 1 amide bonds. The third-order valence-corrected chi connectivity index (χ3v) is 5.76. The minimum absolute atomic E-state index is 0.0762. The van der Waals surface area contributed by atoms with E-state index >= 15 is 0 Å². The molecule has 0 unspecified atom stereocenters. The van der Waals surface area contributed by atoms with Gasteiger partial charge in [0.25, 0.3) is 11.5 Å². The molecule has 0 saturated carbocycles. The number of hydrogen-bond acceptors (Lipinski definition) is 8. The van der Waals surface area contributed by atoms with Crippen LogP contribution in [0.15, 0.2) is 34.6 Å². The zero-order chi connectivity index (χ0) is 19.8. The maximum atomic E-state index is 13.6. The number of pyridine rings is 1. The molecular formula is C17H12FN5O3S2. The molecule has 11 heteroatoms. The molecule has 142 valence electrons. The maximum absolute atomic E-state index is 13.6. The molecule has 28 heavy (non-hydrogen) atoms. The number of halogens is 1. The average Bonchev–Trinajstić information content (AvgIpc) is 3.34. The topological polar surface area (TPSA) is 110 Å². The molecule has 0 aliphatic heterocycles. The van der Waals surface area contributed by atoms with Gasteiger partial charge in [-0.05, 0) is 25.1 Å². The zero-order valence-electron chi connectivity index (χ0n) is 14.3. The lowest BCUT2D eigenvalue weighted by atomic mass is 10.1. The average molecular weight is 417 g/mol. The van der Waals surface area contributed by atoms with Gasteiger partial charge in [0.1, 0.15) is 17.1 Å². The van der Waals surface area contributed by atoms with Crippen molar-refractivity contribution in [1.29, 1.82) is 0 Å². The van der Waals surface area contributed by atoms with Crippen molar-refractivity contribution in [2.24, 2.45) is 0 Å². The number of thiazole rings is 1. The number of aryl methyl sites for hydroxylation is 1. The third-order valence-electron chi connectivity index (χ3n) is 4.00. The van der Waals surface area contributed by atoms with Gasteiger partial charge in [0.2, 0.25) is 5.13 Å². The first-order chi connectivity index (χ1) is 13.5. The van der Waals surface area contributed by atoms with E-state index in [1.807, 2.05) is 0 Å². The molecule has 0 fully saturated rings. The Morgan fingerprint density at radius 1 is 1.32 bits per heavy atom. The number of carbonyl (C=O) groups excluding carboxylic acids is 1. The highest BCUT2D eigenvalue weighted by Crippen LogP contribution is 2.30. The number of aromatic nitrogens is 4. The van der Waals surface area contributed by atoms with Gasteiger partial charge in [0.05, 0.1) is 5.52 Å². The van der Waals surface area contributed by atoms with E-state index in [1.165, 1.54) is 28.0 Å². The summed E-state index contributed by atoms with van der Waals surface area (Å²) in [5, 5.41) is 24.0. The Labute approximate surface area is 164 Å². The second-order valence-corrected chi connectivity index (χ2v) is 7.51. The Morgan fingerprint density at radius 3 is 2.86 bits per heavy atom. The number of amides is 1. The lowest BCUT2D eigenvalue weighted by molar-refractivity contribution is 0.102. The number of aromatic hydroxyl groups is 1. The summed E-state index contributed by atoms with van der Waals surface area (Å²) < 4.78 is 14.9. The molecule has 8 nitrogen and oxygen atoms in total. The van der Waals surface area contributed by atoms with E-state index in [-0.39, 0.29) is 17.1 Å². The van der Waals surface area contributed by atoms with Crippen LogP contribution in [-0.2, 0) is 6.54 Å². The fraction of sp³-hybridized carbons (Fsp3) is 0.118. The van der Waals surface area contributed by atoms with Crippen LogP contribution in [0.3, 0.4) is 0 Å². The van der Waals surface area contributed by atoms with Crippen molar-refractivity contribution in [3.8, 4) is 15.8 Å². The monoisotopic (exact) mass is 417 g/mol. The number of anilines is 1. The number of carbonyl (C=O) groups is 1. The van der Waals surface area contributed by atoms with Crippen LogP contribution < -0.4 is 10.9 Å². The first kappa shape index (κ1) is 18.2. The molecule has 0 aliphatic rings. The quantitative estimate of drug-likeness (QED) is 0.528. The second kappa shape index (κ2) is 7.09. The lowest BCUT2D eigenvalue weighted by Gasteiger charge is -2.13. The molecule has 3 heterocycles. The maximum Gasteiger partial charge on any atom is 0.267 e. The lowest BCUT2D eigenvalue weighted by Crippen LogP contribution is -2.29. The second-order valence-electron chi connectivity index (χ2n) is 5.64. The summed E-state index contributed by atoms with van der Waals surface area (Å²) in [4.78, 5) is 29.6. The molecule has 1 aromatic carbocycles. The summed E-state index contributed by atoms with van der Waals surface area (Å²) >= 11 is 2.46. The number of benzene rings is 1. The molecule has 0 aliphatic carbocycles. The Kier molecular flexibility index (Phi) is 4.61. The molecule has 4 rings (SSSR count). The Hall–Kier alpha value is -3.18. The van der Waals surface area contributed by atoms with Crippen LogP contribution in [0.2, 0.25) is 0 Å². The van der Waals surface area contributed by atoms with Crippen LogP contribution >= 0.6 is 22.7 Å². The first-order valence-corrected chi connectivity index (χ1v) is 9.79. The molecule has 0 radical (unpaired) electrons. The Morgan fingerprint density at radius 2 is 2.14 bits per heavy atom. The van der Waals surface area contributed by atoms with Crippen LogP contribution in [0.4, 0.5) is 9.52 Å². The minimum Gasteiger partial charge on any atom is -0.506 e. The molecule has 3 aromatic heterocycles. The predicted molar refractivity (Wildman–Crippen MR) is 104 cm³/mol. The molecule has 0 atom stereocenters. The molecule has 0 bridgehead atoms. The number of hydrogen-bond donors (Lipinski definition) is 2. The Balaban J connectivity index is 1.76. The van der Waals surface area contributed by atoms with Crippen LogP contribution in [0, 0.1) is 5.82 Å². The van der Waals surface area contributed by atoms with Crippen molar-refractivity contribution in [1.82, 2.24) is 19.7 Å². The van der Waals surface area contributed by atoms with E-state index in [9.17, 15) is 19.1 Å². The summed E-state index contributed by atoms with van der Waals surface area (Å²) in [5.41, 5.74) is -0.822. The van der Waals surface area contributed by atoms with Gasteiger partial charge in [-0.25, -0.2) is 9.37 Å². The van der Waals surface area contributed by atoms with Gasteiger partial charge in [-0.15, -0.1) is 21.5 Å². The number of nitrogens with one attached hydrogen (secondary N) is 1. The standard InChI is InChI=1S/C17H12FN5O3S2/c1-2-23-10-4-3-8(18)7-9(10)12(24)11(16(23)26)13(25)20-17-22-21-15(28-17)14-19-5-6-27-14/h3-7,24H,2H2,1H3,(H,20,22,25). The van der Waals surface area contributed by atoms with Crippen molar-refractivity contribution >= 4 is 44.6 Å². The van der Waals surface area contributed by atoms with Gasteiger partial charge in [-0.3, -0.25) is 14.9 Å². The van der Waals surface area contributed by atoms with Gasteiger partial charge < -0.3 is 9.67 Å². The van der Waals surface area contributed by atoms with Crippen LogP contribution in [0.25, 0.3) is 20.9 Å². The summed E-state index contributed by atoms with van der Waals surface area (Å²) in [6.07, 6.45) is 1.62. The van der Waals surface area contributed by atoms with Crippen molar-refractivity contribution in [3.05, 3.63) is 51.5 Å². The van der Waals surface area contributed by atoms with Crippen LogP contribution in [0.1, 0.15) is 17.3 Å². The van der Waals surface area contributed by atoms with Gasteiger partial charge in [0.15, 0.2) is 10.0 Å². The van der Waals surface area contributed by atoms with E-state index in [0.717, 1.165) is 17.4 Å². The highest BCUT2D eigenvalue weighted by atomic mass is 32.1. The SMILES string of the molecule is CCn1c(=O)c(C(=O)Nc2nnc(-c3nccs3)s2)c(O)c2cc(F)ccc21. The zero-order valence-corrected chi connectivity index (χ0v) is 16.0. The normalized spacial score (nSPS) is 11.1. The van der Waals surface area contributed by atoms with E-state index in [4.69, 9.17) is 0 Å². The number of nitrogens with zero attached hydrogens (tertiary/aromatic N) is 4. The predicted octanol–water partition coefficient (Wildman–Crippen LogP) is 3.09. The van der Waals surface area contributed by atoms with E-state index in [1.54, 1.807) is 18.5 Å². The van der Waals surface area contributed by atoms with Crippen LogP contribution in [-0.4, -0.2) is 30.8 Å². The first-order valence-electron chi connectivity index (χ1n) is 8.09. The highest BCUT2D eigenvalue weighted by molar-refractivity contribution is 7.22. The van der Waals surface area contributed by atoms with Gasteiger partial charge in [-0.1, -0.05) is 11.3 Å². The Bertz CT molecular complexity index is 1250. The van der Waals surface area contributed by atoms with Crippen molar-refractivity contribution in [2.75, 3.05) is 5.32 Å². The van der Waals surface area contributed by atoms with E-state index in [2.05, 4.69) is 20.5 Å². The van der Waals surface area contributed by atoms with E-state index in [0.29, 0.717) is 15.5 Å². The minimum atomic E-state index is -0.849. The van der Waals surface area contributed by atoms with Crippen molar-refractivity contribution < 1.29 is 14.3 Å². The summed E-state index contributed by atoms with van der Waals surface area (Å²) in [5.74, 6) is -2.02. The smallest absolute Gasteiger partial charge is 0.267 e. The summed E-state index contributed by atoms with van der Waals surface area (Å²) in [6.45, 7) is 1.96. The fourth-order valence-electron chi connectivity index (χ4n) is 2.78. The van der Waals surface area contributed by atoms with Gasteiger partial charge >= 0.3 is 0 Å². The number of rotatable bonds is 4. The highest BCUT2D eigenvalue weighted by Gasteiger charge is 2.23. The third kappa shape index (κ3) is 3.04. The molecule has 0 spiro atoms. The fourth-order valence-corrected chi connectivity index (χ4v) is 4.19. The largest absolute Gasteiger partial charge is 0.506 e. The van der Waals surface area contributed by atoms with Gasteiger partial charge in [-0.2, -0.15) is 0 Å². The van der Waals surface area contributed by atoms with E-state index < -0.39 is 28.6 Å². The van der Waals surface area contributed by atoms with Crippen molar-refractivity contribution in [2.45, 2.75) is 13.5 Å². The van der Waals surface area contributed by atoms with Crippen molar-refractivity contribution in [3.63, 3.8) is 0 Å². The summed E-state index contributed by atoms with van der Waals surface area (Å²) in [7, 11) is 0. The molecule has 4 aromatic rings. The molecule has 2 N–H and O–H groups in total. The van der Waals surface area contributed by atoms with Gasteiger partial charge in [0, 0.05) is 23.5 Å². The summed E-state index contributed by atoms with van der Waals surface area (Å²) in [6, 6.07) is 3.66. The molecular weight excluding hydrogens is 405 g/mol. The van der Waals surface area contributed by atoms with Crippen LogP contribution in [0.5, 0.6) is 5.75 Å². The number of fused-ring (bicyclic) bond motifs is 1.